The van der Waals surface area contributed by atoms with E-state index in [0.717, 1.165) is 17.3 Å². The number of nitrogens with one attached hydrogen (secondary N) is 2. The largest absolute Gasteiger partial charge is 0.411 e. The van der Waals surface area contributed by atoms with Crippen LogP contribution in [-0.2, 0) is 4.79 Å². The Bertz CT molecular complexity index is 1230. The zero-order valence-corrected chi connectivity index (χ0v) is 18.2. The van der Waals surface area contributed by atoms with E-state index in [1.807, 2.05) is 18.2 Å². The summed E-state index contributed by atoms with van der Waals surface area (Å²) in [7, 11) is 0. The molecule has 4 rings (SSSR count). The van der Waals surface area contributed by atoms with E-state index in [0.29, 0.717) is 27.9 Å². The van der Waals surface area contributed by atoms with Crippen molar-refractivity contribution in [1.82, 2.24) is 10.2 Å². The Kier molecular flexibility index (Phi) is 6.84. The van der Waals surface area contributed by atoms with E-state index < -0.39 is 0 Å². The maximum Gasteiger partial charge on any atom is 0.277 e. The molecule has 4 aromatic rings. The van der Waals surface area contributed by atoms with Gasteiger partial charge in [0.2, 0.25) is 11.8 Å². The molecule has 0 atom stereocenters. The van der Waals surface area contributed by atoms with Gasteiger partial charge in [-0.05, 0) is 48.5 Å². The Labute approximate surface area is 193 Å². The standard InChI is InChI=1S/C23H17ClN4O3S/c24-16-12-10-15(11-13-16)22-27-28-23(31-22)32-14-20(29)26-19-9-5-4-8-18(19)21(30)25-17-6-2-1-3-7-17/h1-13H,14H2,(H,25,30)(H,26,29). The average Bonchev–Trinajstić information content (AvgIpc) is 3.28. The number of benzene rings is 3. The highest BCUT2D eigenvalue weighted by atomic mass is 35.5. The second-order valence-electron chi connectivity index (χ2n) is 6.58. The number of rotatable bonds is 7. The summed E-state index contributed by atoms with van der Waals surface area (Å²) in [6, 6.07) is 22.9. The van der Waals surface area contributed by atoms with Crippen LogP contribution in [0.5, 0.6) is 0 Å². The minimum atomic E-state index is -0.315. The molecule has 32 heavy (non-hydrogen) atoms. The summed E-state index contributed by atoms with van der Waals surface area (Å²) in [6.45, 7) is 0. The normalized spacial score (nSPS) is 10.5. The molecule has 0 fully saturated rings. The van der Waals surface area contributed by atoms with Crippen LogP contribution in [0.4, 0.5) is 11.4 Å². The number of carbonyl (C=O) groups is 2. The lowest BCUT2D eigenvalue weighted by Crippen LogP contribution is -2.19. The maximum atomic E-state index is 12.6. The monoisotopic (exact) mass is 464 g/mol. The number of hydrogen-bond donors (Lipinski definition) is 2. The number of para-hydroxylation sites is 2. The molecule has 1 aromatic heterocycles. The third-order valence-electron chi connectivity index (χ3n) is 4.30. The van der Waals surface area contributed by atoms with Crippen LogP contribution in [-0.4, -0.2) is 27.8 Å². The number of thioether (sulfide) groups is 1. The molecule has 0 aliphatic carbocycles. The highest BCUT2D eigenvalue weighted by molar-refractivity contribution is 7.99. The molecule has 0 unspecified atom stereocenters. The molecule has 0 radical (unpaired) electrons. The number of aromatic nitrogens is 2. The van der Waals surface area contributed by atoms with E-state index in [2.05, 4.69) is 20.8 Å². The van der Waals surface area contributed by atoms with Crippen molar-refractivity contribution in [2.24, 2.45) is 0 Å². The second kappa shape index (κ2) is 10.1. The molecule has 0 bridgehead atoms. The summed E-state index contributed by atoms with van der Waals surface area (Å²) >= 11 is 6.99. The predicted molar refractivity (Wildman–Crippen MR) is 125 cm³/mol. The highest BCUT2D eigenvalue weighted by Crippen LogP contribution is 2.25. The third kappa shape index (κ3) is 5.54. The first-order valence-electron chi connectivity index (χ1n) is 9.56. The van der Waals surface area contributed by atoms with Gasteiger partial charge < -0.3 is 15.1 Å². The van der Waals surface area contributed by atoms with E-state index in [1.54, 1.807) is 60.7 Å². The van der Waals surface area contributed by atoms with E-state index >= 15 is 0 Å². The molecule has 160 valence electrons. The first-order valence-corrected chi connectivity index (χ1v) is 10.9. The number of halogens is 1. The Morgan fingerprint density at radius 3 is 2.38 bits per heavy atom. The maximum absolute atomic E-state index is 12.6. The van der Waals surface area contributed by atoms with Crippen LogP contribution in [0, 0.1) is 0 Å². The van der Waals surface area contributed by atoms with Gasteiger partial charge in [-0.3, -0.25) is 9.59 Å². The van der Waals surface area contributed by atoms with Crippen molar-refractivity contribution in [2.45, 2.75) is 5.22 Å². The van der Waals surface area contributed by atoms with Crippen molar-refractivity contribution in [3.8, 4) is 11.5 Å². The molecule has 0 saturated carbocycles. The summed E-state index contributed by atoms with van der Waals surface area (Å²) in [5, 5.41) is 14.4. The first-order chi connectivity index (χ1) is 15.6. The Morgan fingerprint density at radius 1 is 0.875 bits per heavy atom. The van der Waals surface area contributed by atoms with Gasteiger partial charge in [0.1, 0.15) is 0 Å². The van der Waals surface area contributed by atoms with E-state index in [9.17, 15) is 9.59 Å². The topological polar surface area (TPSA) is 97.1 Å². The van der Waals surface area contributed by atoms with Gasteiger partial charge in [0.15, 0.2) is 0 Å². The summed E-state index contributed by atoms with van der Waals surface area (Å²) < 4.78 is 5.59. The van der Waals surface area contributed by atoms with E-state index in [-0.39, 0.29) is 22.8 Å². The zero-order valence-electron chi connectivity index (χ0n) is 16.6. The van der Waals surface area contributed by atoms with Crippen LogP contribution in [0.25, 0.3) is 11.5 Å². The SMILES string of the molecule is O=C(CSc1nnc(-c2ccc(Cl)cc2)o1)Nc1ccccc1C(=O)Nc1ccccc1. The smallest absolute Gasteiger partial charge is 0.277 e. The lowest BCUT2D eigenvalue weighted by molar-refractivity contribution is -0.113. The van der Waals surface area contributed by atoms with Crippen molar-refractivity contribution >= 4 is 46.6 Å². The Hall–Kier alpha value is -3.62. The minimum absolute atomic E-state index is 0.0386. The van der Waals surface area contributed by atoms with Crippen molar-refractivity contribution in [2.75, 3.05) is 16.4 Å². The van der Waals surface area contributed by atoms with Gasteiger partial charge in [-0.25, -0.2) is 0 Å². The fraction of sp³-hybridized carbons (Fsp3) is 0.0435. The fourth-order valence-electron chi connectivity index (χ4n) is 2.80. The Balaban J connectivity index is 1.37. The van der Waals surface area contributed by atoms with Gasteiger partial charge >= 0.3 is 0 Å². The molecular formula is C23H17ClN4O3S. The van der Waals surface area contributed by atoms with Crippen LogP contribution >= 0.6 is 23.4 Å². The second-order valence-corrected chi connectivity index (χ2v) is 7.95. The molecule has 2 N–H and O–H groups in total. The molecule has 9 heteroatoms. The number of anilines is 2. The molecule has 0 spiro atoms. The van der Waals surface area contributed by atoms with Gasteiger partial charge in [0.05, 0.1) is 17.0 Å². The van der Waals surface area contributed by atoms with Crippen LogP contribution in [0.15, 0.2) is 88.5 Å². The fourth-order valence-corrected chi connectivity index (χ4v) is 3.49. The molecule has 3 aromatic carbocycles. The lowest BCUT2D eigenvalue weighted by atomic mass is 10.1. The molecule has 0 aliphatic heterocycles. The predicted octanol–water partition coefficient (Wildman–Crippen LogP) is 5.37. The number of amides is 2. The molecular weight excluding hydrogens is 448 g/mol. The van der Waals surface area contributed by atoms with Gasteiger partial charge in [-0.15, -0.1) is 10.2 Å². The van der Waals surface area contributed by atoms with E-state index in [1.165, 1.54) is 0 Å². The van der Waals surface area contributed by atoms with E-state index in [4.69, 9.17) is 16.0 Å². The summed E-state index contributed by atoms with van der Waals surface area (Å²) in [5.41, 5.74) is 2.18. The van der Waals surface area contributed by atoms with Crippen LogP contribution in [0.2, 0.25) is 5.02 Å². The van der Waals surface area contributed by atoms with Crippen molar-refractivity contribution in [1.29, 1.82) is 0 Å². The molecule has 0 aliphatic rings. The summed E-state index contributed by atoms with van der Waals surface area (Å²) in [6.07, 6.45) is 0. The minimum Gasteiger partial charge on any atom is -0.411 e. The first kappa shape index (κ1) is 21.6. The molecule has 7 nitrogen and oxygen atoms in total. The van der Waals surface area contributed by atoms with Crippen LogP contribution in [0.1, 0.15) is 10.4 Å². The van der Waals surface area contributed by atoms with Gasteiger partial charge in [-0.1, -0.05) is 53.7 Å². The highest BCUT2D eigenvalue weighted by Gasteiger charge is 2.15. The van der Waals surface area contributed by atoms with Gasteiger partial charge in [-0.2, -0.15) is 0 Å². The summed E-state index contributed by atoms with van der Waals surface area (Å²) in [4.78, 5) is 25.1. The molecule has 0 saturated heterocycles. The molecule has 1 heterocycles. The number of nitrogens with zero attached hydrogens (tertiary/aromatic N) is 2. The number of carbonyl (C=O) groups excluding carboxylic acids is 2. The van der Waals surface area contributed by atoms with Crippen LogP contribution in [0.3, 0.4) is 0 Å². The van der Waals surface area contributed by atoms with Crippen LogP contribution < -0.4 is 10.6 Å². The number of hydrogen-bond acceptors (Lipinski definition) is 6. The average molecular weight is 465 g/mol. The lowest BCUT2D eigenvalue weighted by Gasteiger charge is -2.11. The van der Waals surface area contributed by atoms with Crippen molar-refractivity contribution in [3.63, 3.8) is 0 Å². The zero-order chi connectivity index (χ0) is 22.3. The third-order valence-corrected chi connectivity index (χ3v) is 5.37. The quantitative estimate of drug-likeness (QED) is 0.357. The van der Waals surface area contributed by atoms with Crippen molar-refractivity contribution in [3.05, 3.63) is 89.4 Å². The van der Waals surface area contributed by atoms with Gasteiger partial charge in [0.25, 0.3) is 11.1 Å². The molecule has 2 amide bonds. The summed E-state index contributed by atoms with van der Waals surface area (Å²) in [5.74, 6) is -0.241. The van der Waals surface area contributed by atoms with Gasteiger partial charge in [0, 0.05) is 16.3 Å². The Morgan fingerprint density at radius 2 is 1.59 bits per heavy atom. The van der Waals surface area contributed by atoms with Crippen molar-refractivity contribution < 1.29 is 14.0 Å².